The van der Waals surface area contributed by atoms with Crippen LogP contribution in [0.5, 0.6) is 17.2 Å². The Balaban J connectivity index is 1.80. The summed E-state index contributed by atoms with van der Waals surface area (Å²) >= 11 is 0. The predicted octanol–water partition coefficient (Wildman–Crippen LogP) is 2.57. The maximum absolute atomic E-state index is 10.7. The number of methoxy groups -OCH3 is 2. The van der Waals surface area contributed by atoms with Crippen LogP contribution in [0.25, 0.3) is 0 Å². The third kappa shape index (κ3) is 4.35. The fourth-order valence-corrected chi connectivity index (χ4v) is 3.62. The summed E-state index contributed by atoms with van der Waals surface area (Å²) < 4.78 is 16.6. The number of phenolic OH excluding ortho intramolecular Hbond substituents is 1. The number of benzene rings is 2. The fraction of sp³-hybridized carbons (Fsp3) is 0.429. The Morgan fingerprint density at radius 1 is 1.04 bits per heavy atom. The molecule has 2 aromatic rings. The zero-order valence-electron chi connectivity index (χ0n) is 15.8. The lowest BCUT2D eigenvalue weighted by Crippen LogP contribution is -2.44. The van der Waals surface area contributed by atoms with Crippen molar-refractivity contribution < 1.29 is 24.4 Å². The molecule has 0 spiro atoms. The SMILES string of the molecule is COc1cc(CC(O)OC2(c3ccccc3)CCNCC2)cc(OC)c1O. The molecule has 1 heterocycles. The normalized spacial score (nSPS) is 17.3. The van der Waals surface area contributed by atoms with Crippen LogP contribution in [-0.4, -0.2) is 43.8 Å². The van der Waals surface area contributed by atoms with Crippen molar-refractivity contribution in [3.63, 3.8) is 0 Å². The minimum absolute atomic E-state index is 0.0572. The summed E-state index contributed by atoms with van der Waals surface area (Å²) in [7, 11) is 2.95. The number of aliphatic hydroxyl groups is 1. The number of rotatable bonds is 7. The molecule has 6 nitrogen and oxygen atoms in total. The van der Waals surface area contributed by atoms with E-state index in [0.717, 1.165) is 37.1 Å². The number of aliphatic hydroxyl groups excluding tert-OH is 1. The van der Waals surface area contributed by atoms with Gasteiger partial charge in [-0.25, -0.2) is 0 Å². The Labute approximate surface area is 159 Å². The van der Waals surface area contributed by atoms with Crippen LogP contribution in [0.4, 0.5) is 0 Å². The van der Waals surface area contributed by atoms with Crippen molar-refractivity contribution in [2.24, 2.45) is 0 Å². The summed E-state index contributed by atoms with van der Waals surface area (Å²) in [4.78, 5) is 0. The first-order chi connectivity index (χ1) is 13.1. The highest BCUT2D eigenvalue weighted by molar-refractivity contribution is 5.52. The van der Waals surface area contributed by atoms with Crippen LogP contribution in [0, 0.1) is 0 Å². The number of nitrogens with one attached hydrogen (secondary N) is 1. The largest absolute Gasteiger partial charge is 0.502 e. The molecule has 1 fully saturated rings. The molecule has 3 N–H and O–H groups in total. The Bertz CT molecular complexity index is 718. The van der Waals surface area contributed by atoms with Gasteiger partial charge in [-0.15, -0.1) is 0 Å². The van der Waals surface area contributed by atoms with Crippen molar-refractivity contribution in [3.8, 4) is 17.2 Å². The molecular weight excluding hydrogens is 346 g/mol. The topological polar surface area (TPSA) is 80.2 Å². The van der Waals surface area contributed by atoms with Crippen LogP contribution in [0.15, 0.2) is 42.5 Å². The highest BCUT2D eigenvalue weighted by Crippen LogP contribution is 2.39. The highest BCUT2D eigenvalue weighted by Gasteiger charge is 2.37. The Morgan fingerprint density at radius 3 is 2.19 bits per heavy atom. The summed E-state index contributed by atoms with van der Waals surface area (Å²) in [5.74, 6) is 0.547. The van der Waals surface area contributed by atoms with Gasteiger partial charge in [-0.1, -0.05) is 30.3 Å². The maximum Gasteiger partial charge on any atom is 0.200 e. The van der Waals surface area contributed by atoms with E-state index in [0.29, 0.717) is 11.5 Å². The molecule has 27 heavy (non-hydrogen) atoms. The molecule has 146 valence electrons. The molecule has 0 saturated carbocycles. The first kappa shape index (κ1) is 19.5. The molecule has 1 aliphatic rings. The van der Waals surface area contributed by atoms with Gasteiger partial charge in [0.15, 0.2) is 17.8 Å². The van der Waals surface area contributed by atoms with Gasteiger partial charge in [0.1, 0.15) is 0 Å². The molecule has 1 unspecified atom stereocenters. The quantitative estimate of drug-likeness (QED) is 0.648. The number of piperidine rings is 1. The first-order valence-corrected chi connectivity index (χ1v) is 9.14. The summed E-state index contributed by atoms with van der Waals surface area (Å²) in [5, 5.41) is 24.1. The Hall–Kier alpha value is -2.28. The molecule has 1 saturated heterocycles. The summed E-state index contributed by atoms with van der Waals surface area (Å²) in [6.07, 6.45) is 0.837. The number of phenols is 1. The van der Waals surface area contributed by atoms with Crippen molar-refractivity contribution in [1.82, 2.24) is 5.32 Å². The summed E-state index contributed by atoms with van der Waals surface area (Å²) in [6, 6.07) is 13.4. The third-order valence-electron chi connectivity index (χ3n) is 5.02. The second-order valence-electron chi connectivity index (χ2n) is 6.74. The van der Waals surface area contributed by atoms with Crippen molar-refractivity contribution in [3.05, 3.63) is 53.6 Å². The number of hydrogen-bond donors (Lipinski definition) is 3. The third-order valence-corrected chi connectivity index (χ3v) is 5.02. The van der Waals surface area contributed by atoms with Gasteiger partial charge in [0.05, 0.1) is 19.8 Å². The highest BCUT2D eigenvalue weighted by atomic mass is 16.6. The zero-order valence-corrected chi connectivity index (χ0v) is 15.8. The van der Waals surface area contributed by atoms with Crippen LogP contribution in [0.1, 0.15) is 24.0 Å². The van der Waals surface area contributed by atoms with Crippen molar-refractivity contribution in [2.45, 2.75) is 31.2 Å². The first-order valence-electron chi connectivity index (χ1n) is 9.14. The van der Waals surface area contributed by atoms with Gasteiger partial charge < -0.3 is 29.7 Å². The van der Waals surface area contributed by atoms with Gasteiger partial charge in [-0.2, -0.15) is 0 Å². The van der Waals surface area contributed by atoms with E-state index in [2.05, 4.69) is 5.32 Å². The standard InChI is InChI=1S/C21H27NO5/c1-25-17-12-15(13-18(26-2)20(17)24)14-19(23)27-21(8-10-22-11-9-21)16-6-4-3-5-7-16/h3-7,12-13,19,22-24H,8-11,14H2,1-2H3. The molecule has 6 heteroatoms. The Morgan fingerprint density at radius 2 is 1.63 bits per heavy atom. The second-order valence-corrected chi connectivity index (χ2v) is 6.74. The molecule has 2 aromatic carbocycles. The van der Waals surface area contributed by atoms with Crippen LogP contribution >= 0.6 is 0 Å². The molecule has 0 amide bonds. The number of hydrogen-bond acceptors (Lipinski definition) is 6. The molecular formula is C21H27NO5. The van der Waals surface area contributed by atoms with Crippen molar-refractivity contribution in [1.29, 1.82) is 0 Å². The van der Waals surface area contributed by atoms with E-state index >= 15 is 0 Å². The monoisotopic (exact) mass is 373 g/mol. The molecule has 0 bridgehead atoms. The van der Waals surface area contributed by atoms with Gasteiger partial charge in [-0.05, 0) is 49.2 Å². The molecule has 0 radical (unpaired) electrons. The van der Waals surface area contributed by atoms with Crippen LogP contribution in [0.3, 0.4) is 0 Å². The van der Waals surface area contributed by atoms with Crippen molar-refractivity contribution >= 4 is 0 Å². The minimum atomic E-state index is -0.998. The molecule has 3 rings (SSSR count). The van der Waals surface area contributed by atoms with Crippen molar-refractivity contribution in [2.75, 3.05) is 27.3 Å². The smallest absolute Gasteiger partial charge is 0.200 e. The zero-order chi connectivity index (χ0) is 19.3. The van der Waals surface area contributed by atoms with Crippen LogP contribution < -0.4 is 14.8 Å². The predicted molar refractivity (Wildman–Crippen MR) is 102 cm³/mol. The summed E-state index contributed by atoms with van der Waals surface area (Å²) in [5.41, 5.74) is 1.31. The maximum atomic E-state index is 10.7. The van der Waals surface area contributed by atoms with E-state index in [1.54, 1.807) is 12.1 Å². The second kappa shape index (κ2) is 8.61. The average Bonchev–Trinajstić information content (AvgIpc) is 2.70. The van der Waals surface area contributed by atoms with Gasteiger partial charge >= 0.3 is 0 Å². The summed E-state index contributed by atoms with van der Waals surface area (Å²) in [6.45, 7) is 1.67. The van der Waals surface area contributed by atoms with Crippen LogP contribution in [-0.2, 0) is 16.8 Å². The van der Waals surface area contributed by atoms with E-state index in [-0.39, 0.29) is 12.2 Å². The number of ether oxygens (including phenoxy) is 3. The Kier molecular flexibility index (Phi) is 6.21. The molecule has 0 aromatic heterocycles. The van der Waals surface area contributed by atoms with E-state index in [9.17, 15) is 10.2 Å². The van der Waals surface area contributed by atoms with E-state index < -0.39 is 11.9 Å². The molecule has 1 aliphatic heterocycles. The van der Waals surface area contributed by atoms with Crippen LogP contribution in [0.2, 0.25) is 0 Å². The van der Waals surface area contributed by atoms with Gasteiger partial charge in [0, 0.05) is 6.42 Å². The molecule has 1 atom stereocenters. The fourth-order valence-electron chi connectivity index (χ4n) is 3.62. The van der Waals surface area contributed by atoms with Gasteiger partial charge in [0.25, 0.3) is 0 Å². The lowest BCUT2D eigenvalue weighted by Gasteiger charge is -2.39. The van der Waals surface area contributed by atoms with E-state index in [4.69, 9.17) is 14.2 Å². The van der Waals surface area contributed by atoms with E-state index in [1.807, 2.05) is 30.3 Å². The van der Waals surface area contributed by atoms with Gasteiger partial charge in [0.2, 0.25) is 5.75 Å². The lowest BCUT2D eigenvalue weighted by atomic mass is 9.84. The molecule has 0 aliphatic carbocycles. The minimum Gasteiger partial charge on any atom is -0.502 e. The van der Waals surface area contributed by atoms with Gasteiger partial charge in [-0.3, -0.25) is 0 Å². The lowest BCUT2D eigenvalue weighted by molar-refractivity contribution is -0.199. The number of aromatic hydroxyl groups is 1. The van der Waals surface area contributed by atoms with E-state index in [1.165, 1.54) is 14.2 Å². The average molecular weight is 373 g/mol.